The Kier molecular flexibility index (Phi) is 6.64. The number of hydrogen-bond donors (Lipinski definition) is 1. The van der Waals surface area contributed by atoms with E-state index in [9.17, 15) is 9.59 Å². The summed E-state index contributed by atoms with van der Waals surface area (Å²) in [5.41, 5.74) is 0.959. The van der Waals surface area contributed by atoms with Crippen LogP contribution >= 0.6 is 11.6 Å². The van der Waals surface area contributed by atoms with E-state index in [2.05, 4.69) is 25.3 Å². The van der Waals surface area contributed by atoms with Crippen LogP contribution in [0.15, 0.2) is 53.6 Å². The Hall–Kier alpha value is -3.17. The standard InChI is InChI=1S/C24H28ClN7O2/c25-23-20(16-27-32(24(23)34)19-6-2-1-3-7-19)30-14-12-29(13-15-30)17-22(33)28-21-10-11-26-31(21)18-8-4-5-9-18/h1-3,6-7,10-11,16,18H,4-5,8-9,12-15,17H2,(H,28,33). The molecule has 1 aliphatic carbocycles. The minimum absolute atomic E-state index is 0.0432. The van der Waals surface area contributed by atoms with Gasteiger partial charge in [0.15, 0.2) is 0 Å². The first-order chi connectivity index (χ1) is 16.6. The van der Waals surface area contributed by atoms with Crippen LogP contribution < -0.4 is 15.8 Å². The Bertz CT molecular complexity index is 1200. The molecule has 1 saturated heterocycles. The number of carbonyl (C=O) groups excluding carboxylic acids is 1. The zero-order chi connectivity index (χ0) is 23.5. The molecule has 2 aromatic heterocycles. The van der Waals surface area contributed by atoms with E-state index >= 15 is 0 Å². The molecule has 34 heavy (non-hydrogen) atoms. The smallest absolute Gasteiger partial charge is 0.292 e. The average Bonchev–Trinajstić information content (AvgIpc) is 3.54. The quantitative estimate of drug-likeness (QED) is 0.582. The van der Waals surface area contributed by atoms with Gasteiger partial charge in [0.05, 0.1) is 36.4 Å². The number of piperazine rings is 1. The Morgan fingerprint density at radius 3 is 2.50 bits per heavy atom. The number of nitrogens with zero attached hydrogens (tertiary/aromatic N) is 6. The summed E-state index contributed by atoms with van der Waals surface area (Å²) >= 11 is 6.45. The molecular weight excluding hydrogens is 454 g/mol. The third-order valence-corrected chi connectivity index (χ3v) is 6.95. The fraction of sp³-hybridized carbons (Fsp3) is 0.417. The van der Waals surface area contributed by atoms with E-state index in [0.717, 1.165) is 18.7 Å². The summed E-state index contributed by atoms with van der Waals surface area (Å²) in [5, 5.41) is 11.9. The molecule has 1 N–H and O–H groups in total. The van der Waals surface area contributed by atoms with Gasteiger partial charge < -0.3 is 10.2 Å². The summed E-state index contributed by atoms with van der Waals surface area (Å²) in [4.78, 5) is 29.6. The second-order valence-corrected chi connectivity index (χ2v) is 9.18. The van der Waals surface area contributed by atoms with Crippen LogP contribution in [0.2, 0.25) is 5.02 Å². The monoisotopic (exact) mass is 481 g/mol. The third kappa shape index (κ3) is 4.71. The van der Waals surface area contributed by atoms with Crippen molar-refractivity contribution in [2.24, 2.45) is 0 Å². The minimum Gasteiger partial charge on any atom is -0.366 e. The van der Waals surface area contributed by atoms with Gasteiger partial charge >= 0.3 is 0 Å². The number of amides is 1. The van der Waals surface area contributed by atoms with Crippen LogP contribution in [0.4, 0.5) is 11.5 Å². The van der Waals surface area contributed by atoms with Crippen molar-refractivity contribution in [2.45, 2.75) is 31.7 Å². The lowest BCUT2D eigenvalue weighted by atomic mass is 10.2. The van der Waals surface area contributed by atoms with Crippen molar-refractivity contribution in [2.75, 3.05) is 42.9 Å². The molecule has 2 fully saturated rings. The SMILES string of the molecule is O=C(CN1CCN(c2cnn(-c3ccccc3)c(=O)c2Cl)CC1)Nc1ccnn1C1CCCC1. The summed E-state index contributed by atoms with van der Waals surface area (Å²) in [6.07, 6.45) is 8.03. The summed E-state index contributed by atoms with van der Waals surface area (Å²) in [7, 11) is 0. The van der Waals surface area contributed by atoms with E-state index in [1.54, 1.807) is 12.4 Å². The van der Waals surface area contributed by atoms with Crippen molar-refractivity contribution in [1.29, 1.82) is 0 Å². The van der Waals surface area contributed by atoms with E-state index in [0.29, 0.717) is 50.1 Å². The van der Waals surface area contributed by atoms with Crippen LogP contribution in [0, 0.1) is 0 Å². The van der Waals surface area contributed by atoms with Crippen molar-refractivity contribution < 1.29 is 4.79 Å². The van der Waals surface area contributed by atoms with Crippen molar-refractivity contribution in [3.05, 3.63) is 64.2 Å². The second-order valence-electron chi connectivity index (χ2n) is 8.81. The lowest BCUT2D eigenvalue weighted by Crippen LogP contribution is -2.49. The number of para-hydroxylation sites is 1. The molecular formula is C24H28ClN7O2. The summed E-state index contributed by atoms with van der Waals surface area (Å²) in [6, 6.07) is 11.5. The van der Waals surface area contributed by atoms with E-state index < -0.39 is 0 Å². The van der Waals surface area contributed by atoms with Crippen LogP contribution in [0.1, 0.15) is 31.7 Å². The van der Waals surface area contributed by atoms with Gasteiger partial charge in [-0.15, -0.1) is 0 Å². The van der Waals surface area contributed by atoms with Crippen LogP contribution in [0.5, 0.6) is 0 Å². The average molecular weight is 482 g/mol. The molecule has 0 bridgehead atoms. The van der Waals surface area contributed by atoms with E-state index in [-0.39, 0.29) is 16.5 Å². The lowest BCUT2D eigenvalue weighted by molar-refractivity contribution is -0.117. The molecule has 1 aliphatic heterocycles. The first-order valence-electron chi connectivity index (χ1n) is 11.7. The van der Waals surface area contributed by atoms with Gasteiger partial charge in [-0.1, -0.05) is 42.6 Å². The highest BCUT2D eigenvalue weighted by atomic mass is 35.5. The molecule has 1 saturated carbocycles. The normalized spacial score (nSPS) is 17.3. The first-order valence-corrected chi connectivity index (χ1v) is 12.1. The Balaban J connectivity index is 1.18. The van der Waals surface area contributed by atoms with Gasteiger partial charge in [-0.3, -0.25) is 14.5 Å². The molecule has 0 spiro atoms. The zero-order valence-corrected chi connectivity index (χ0v) is 19.7. The molecule has 0 radical (unpaired) electrons. The maximum absolute atomic E-state index is 12.8. The number of rotatable bonds is 6. The molecule has 3 heterocycles. The third-order valence-electron chi connectivity index (χ3n) is 6.59. The van der Waals surface area contributed by atoms with E-state index in [1.165, 1.54) is 17.5 Å². The molecule has 3 aromatic rings. The largest absolute Gasteiger partial charge is 0.366 e. The van der Waals surface area contributed by atoms with Crippen LogP contribution in [0.25, 0.3) is 5.69 Å². The number of halogens is 1. The van der Waals surface area contributed by atoms with Gasteiger partial charge in [-0.05, 0) is 25.0 Å². The van der Waals surface area contributed by atoms with Gasteiger partial charge in [0.2, 0.25) is 5.91 Å². The Morgan fingerprint density at radius 1 is 1.03 bits per heavy atom. The predicted molar refractivity (Wildman–Crippen MR) is 132 cm³/mol. The minimum atomic E-state index is -0.342. The van der Waals surface area contributed by atoms with Crippen LogP contribution in [-0.2, 0) is 4.79 Å². The fourth-order valence-corrected chi connectivity index (χ4v) is 5.03. The molecule has 10 heteroatoms. The summed E-state index contributed by atoms with van der Waals surface area (Å²) in [5.74, 6) is 0.728. The lowest BCUT2D eigenvalue weighted by Gasteiger charge is -2.35. The number of nitrogens with one attached hydrogen (secondary N) is 1. The first kappa shape index (κ1) is 22.6. The van der Waals surface area contributed by atoms with Gasteiger partial charge in [0.1, 0.15) is 10.8 Å². The molecule has 9 nitrogen and oxygen atoms in total. The molecule has 0 unspecified atom stereocenters. The Labute approximate surface area is 202 Å². The van der Waals surface area contributed by atoms with Crippen molar-refractivity contribution in [1.82, 2.24) is 24.5 Å². The molecule has 1 aromatic carbocycles. The highest BCUT2D eigenvalue weighted by Crippen LogP contribution is 2.31. The maximum Gasteiger partial charge on any atom is 0.292 e. The Morgan fingerprint density at radius 2 is 1.76 bits per heavy atom. The van der Waals surface area contributed by atoms with E-state index in [4.69, 9.17) is 11.6 Å². The molecule has 0 atom stereocenters. The fourth-order valence-electron chi connectivity index (χ4n) is 4.78. The molecule has 2 aliphatic rings. The molecule has 1 amide bonds. The summed E-state index contributed by atoms with van der Waals surface area (Å²) in [6.45, 7) is 3.00. The van der Waals surface area contributed by atoms with Gasteiger partial charge in [-0.2, -0.15) is 14.9 Å². The van der Waals surface area contributed by atoms with Gasteiger partial charge in [-0.25, -0.2) is 4.68 Å². The highest BCUT2D eigenvalue weighted by Gasteiger charge is 2.24. The van der Waals surface area contributed by atoms with Crippen molar-refractivity contribution >= 4 is 29.0 Å². The topological polar surface area (TPSA) is 88.3 Å². The number of carbonyl (C=O) groups is 1. The zero-order valence-electron chi connectivity index (χ0n) is 18.9. The molecule has 5 rings (SSSR count). The predicted octanol–water partition coefficient (Wildman–Crippen LogP) is 2.96. The van der Waals surface area contributed by atoms with Crippen LogP contribution in [-0.4, -0.2) is 63.1 Å². The number of aromatic nitrogens is 4. The highest BCUT2D eigenvalue weighted by molar-refractivity contribution is 6.33. The molecule has 178 valence electrons. The van der Waals surface area contributed by atoms with Gasteiger partial charge in [0.25, 0.3) is 5.56 Å². The van der Waals surface area contributed by atoms with Crippen molar-refractivity contribution in [3.63, 3.8) is 0 Å². The van der Waals surface area contributed by atoms with Crippen molar-refractivity contribution in [3.8, 4) is 5.69 Å². The number of benzene rings is 1. The van der Waals surface area contributed by atoms with Gasteiger partial charge in [0, 0.05) is 32.2 Å². The second kappa shape index (κ2) is 9.99. The van der Waals surface area contributed by atoms with E-state index in [1.807, 2.05) is 41.1 Å². The maximum atomic E-state index is 12.8. The van der Waals surface area contributed by atoms with Crippen LogP contribution in [0.3, 0.4) is 0 Å². The summed E-state index contributed by atoms with van der Waals surface area (Å²) < 4.78 is 3.26. The number of anilines is 2. The number of hydrogen-bond acceptors (Lipinski definition) is 6.